The average Bonchev–Trinajstić information content (AvgIpc) is 3.83. The van der Waals surface area contributed by atoms with Crippen molar-refractivity contribution in [2.24, 2.45) is 0 Å². The zero-order valence-electron chi connectivity index (χ0n) is 22.8. The first-order chi connectivity index (χ1) is 19.9. The molecular formula is C40H30Zr. The molecule has 2 unspecified atom stereocenters. The van der Waals surface area contributed by atoms with Crippen LogP contribution in [-0.4, -0.2) is 0 Å². The molecule has 6 aromatic carbocycles. The largest absolute Gasteiger partial charge is 2.00 e. The zero-order chi connectivity index (χ0) is 26.7. The van der Waals surface area contributed by atoms with Gasteiger partial charge in [-0.1, -0.05) is 121 Å². The molecule has 0 spiro atoms. The summed E-state index contributed by atoms with van der Waals surface area (Å²) in [4.78, 5) is 0. The quantitative estimate of drug-likeness (QED) is 0.176. The van der Waals surface area contributed by atoms with Crippen molar-refractivity contribution in [3.05, 3.63) is 202 Å². The zero-order valence-corrected chi connectivity index (χ0v) is 25.3. The van der Waals surface area contributed by atoms with E-state index < -0.39 is 0 Å². The first-order valence-electron chi connectivity index (χ1n) is 14.0. The molecule has 0 amide bonds. The maximum absolute atomic E-state index is 2.34. The van der Waals surface area contributed by atoms with E-state index in [1.165, 1.54) is 55.7 Å². The molecule has 0 nitrogen and oxygen atoms in total. The van der Waals surface area contributed by atoms with E-state index in [0.29, 0.717) is 11.8 Å². The molecule has 0 bridgehead atoms. The topological polar surface area (TPSA) is 0 Å². The summed E-state index contributed by atoms with van der Waals surface area (Å²) in [5, 5.41) is 0. The van der Waals surface area contributed by atoms with Gasteiger partial charge in [-0.3, -0.25) is 0 Å². The molecular weight excluding hydrogens is 572 g/mol. The van der Waals surface area contributed by atoms with Crippen LogP contribution in [-0.2, 0) is 26.2 Å². The van der Waals surface area contributed by atoms with Gasteiger partial charge in [-0.25, -0.2) is 24.3 Å². The molecule has 8 rings (SSSR count). The number of hydrogen-bond donors (Lipinski definition) is 0. The van der Waals surface area contributed by atoms with Crippen LogP contribution in [0.5, 0.6) is 0 Å². The number of allylic oxidation sites excluding steroid dienone is 2. The van der Waals surface area contributed by atoms with E-state index in [0.717, 1.165) is 0 Å². The summed E-state index contributed by atoms with van der Waals surface area (Å²) >= 11 is 0. The second-order valence-corrected chi connectivity index (χ2v) is 10.5. The molecule has 2 aliphatic carbocycles. The van der Waals surface area contributed by atoms with Gasteiger partial charge in [0.1, 0.15) is 0 Å². The van der Waals surface area contributed by atoms with E-state index in [9.17, 15) is 0 Å². The van der Waals surface area contributed by atoms with Gasteiger partial charge in [0.2, 0.25) is 0 Å². The van der Waals surface area contributed by atoms with E-state index in [4.69, 9.17) is 0 Å². The minimum absolute atomic E-state index is 0. The number of benzene rings is 4. The van der Waals surface area contributed by atoms with Crippen LogP contribution >= 0.6 is 0 Å². The molecule has 0 fully saturated rings. The summed E-state index contributed by atoms with van der Waals surface area (Å²) in [6.07, 6.45) is 4.67. The Kier molecular flexibility index (Phi) is 8.08. The Labute approximate surface area is 262 Å². The van der Waals surface area contributed by atoms with Gasteiger partial charge in [-0.05, 0) is 56.4 Å². The third kappa shape index (κ3) is 5.35. The normalized spacial score (nSPS) is 16.4. The second-order valence-electron chi connectivity index (χ2n) is 10.5. The fourth-order valence-electron chi connectivity index (χ4n) is 6.29. The van der Waals surface area contributed by atoms with Crippen LogP contribution < -0.4 is 0 Å². The van der Waals surface area contributed by atoms with Crippen LogP contribution in [0.4, 0.5) is 0 Å². The Morgan fingerprint density at radius 3 is 1.10 bits per heavy atom. The Morgan fingerprint density at radius 2 is 0.707 bits per heavy atom. The van der Waals surface area contributed by atoms with Crippen molar-refractivity contribution in [2.75, 3.05) is 0 Å². The SMILES string of the molecule is C1=C(c2ccccc2)C([c-]2cccc2)c2ccccc21.C1=C(c2ccccc2)C([c-]2cccc2)c2ccccc21.[Zr+2]. The van der Waals surface area contributed by atoms with E-state index >= 15 is 0 Å². The van der Waals surface area contributed by atoms with Crippen molar-refractivity contribution in [1.29, 1.82) is 0 Å². The van der Waals surface area contributed by atoms with E-state index in [2.05, 4.69) is 170 Å². The summed E-state index contributed by atoms with van der Waals surface area (Å²) in [6, 6.07) is 56.2. The molecule has 0 aliphatic heterocycles. The fraction of sp³-hybridized carbons (Fsp3) is 0.0500. The number of rotatable bonds is 4. The molecule has 2 atom stereocenters. The van der Waals surface area contributed by atoms with Crippen LogP contribution in [0.2, 0.25) is 0 Å². The van der Waals surface area contributed by atoms with Gasteiger partial charge in [0.15, 0.2) is 0 Å². The molecule has 0 saturated carbocycles. The van der Waals surface area contributed by atoms with Crippen molar-refractivity contribution < 1.29 is 26.2 Å². The number of fused-ring (bicyclic) bond motifs is 2. The van der Waals surface area contributed by atoms with Crippen LogP contribution in [0.3, 0.4) is 0 Å². The van der Waals surface area contributed by atoms with Crippen molar-refractivity contribution in [3.8, 4) is 0 Å². The first kappa shape index (κ1) is 27.1. The second kappa shape index (κ2) is 12.2. The summed E-state index contributed by atoms with van der Waals surface area (Å²) in [5.74, 6) is 0.729. The minimum Gasteiger partial charge on any atom is -0.213 e. The van der Waals surface area contributed by atoms with Crippen LogP contribution in [0.1, 0.15) is 56.3 Å². The standard InChI is InChI=1S/2C20H15.Zr/c2*1-2-8-15(9-3-1)19-14-17-12-6-7-13-18(17)20(19)16-10-4-5-11-16;/h2*1-14,20H;/q2*-1;+2. The molecule has 0 N–H and O–H groups in total. The Bertz CT molecular complexity index is 1630. The maximum Gasteiger partial charge on any atom is 2.00 e. The smallest absolute Gasteiger partial charge is 0.213 e. The van der Waals surface area contributed by atoms with Crippen molar-refractivity contribution in [2.45, 2.75) is 11.8 Å². The molecule has 0 heterocycles. The van der Waals surface area contributed by atoms with Gasteiger partial charge >= 0.3 is 26.2 Å². The van der Waals surface area contributed by atoms with E-state index in [1.807, 2.05) is 0 Å². The van der Waals surface area contributed by atoms with E-state index in [1.54, 1.807) is 0 Å². The van der Waals surface area contributed by atoms with E-state index in [-0.39, 0.29) is 26.2 Å². The predicted octanol–water partition coefficient (Wildman–Crippen LogP) is 10.2. The molecule has 0 radical (unpaired) electrons. The molecule has 0 saturated heterocycles. The summed E-state index contributed by atoms with van der Waals surface area (Å²) in [7, 11) is 0. The summed E-state index contributed by atoms with van der Waals surface area (Å²) < 4.78 is 0. The van der Waals surface area contributed by atoms with Gasteiger partial charge in [0.25, 0.3) is 0 Å². The van der Waals surface area contributed by atoms with Crippen molar-refractivity contribution >= 4 is 23.3 Å². The summed E-state index contributed by atoms with van der Waals surface area (Å²) in [6.45, 7) is 0. The van der Waals surface area contributed by atoms with Gasteiger partial charge in [0.05, 0.1) is 0 Å². The monoisotopic (exact) mass is 600 g/mol. The summed E-state index contributed by atoms with van der Waals surface area (Å²) in [5.41, 5.74) is 13.7. The Balaban J connectivity index is 0.000000144. The average molecular weight is 602 g/mol. The molecule has 2 aliphatic rings. The molecule has 41 heavy (non-hydrogen) atoms. The van der Waals surface area contributed by atoms with Crippen LogP contribution in [0, 0.1) is 0 Å². The number of hydrogen-bond acceptors (Lipinski definition) is 0. The third-order valence-electron chi connectivity index (χ3n) is 8.12. The molecule has 6 aromatic rings. The molecule has 1 heteroatoms. The maximum atomic E-state index is 2.34. The van der Waals surface area contributed by atoms with Gasteiger partial charge in [0, 0.05) is 0 Å². The van der Waals surface area contributed by atoms with Gasteiger partial charge in [-0.15, -0.1) is 11.1 Å². The van der Waals surface area contributed by atoms with Crippen LogP contribution in [0.15, 0.2) is 158 Å². The van der Waals surface area contributed by atoms with Crippen molar-refractivity contribution in [3.63, 3.8) is 0 Å². The van der Waals surface area contributed by atoms with Crippen LogP contribution in [0.25, 0.3) is 23.3 Å². The fourth-order valence-corrected chi connectivity index (χ4v) is 6.29. The minimum atomic E-state index is 0. The first-order valence-corrected chi connectivity index (χ1v) is 14.0. The molecule has 194 valence electrons. The molecule has 0 aromatic heterocycles. The predicted molar refractivity (Wildman–Crippen MR) is 169 cm³/mol. The van der Waals surface area contributed by atoms with Gasteiger partial charge in [-0.2, -0.15) is 24.3 Å². The van der Waals surface area contributed by atoms with Gasteiger partial charge < -0.3 is 0 Å². The third-order valence-corrected chi connectivity index (χ3v) is 8.12. The van der Waals surface area contributed by atoms with Crippen molar-refractivity contribution in [1.82, 2.24) is 0 Å². The Morgan fingerprint density at radius 1 is 0.366 bits per heavy atom. The Hall–Kier alpha value is -4.06.